The molecule has 2 rings (SSSR count). The topological polar surface area (TPSA) is 34.0 Å². The van der Waals surface area contributed by atoms with Crippen LogP contribution in [-0.4, -0.2) is 17.7 Å². The van der Waals surface area contributed by atoms with Crippen molar-refractivity contribution in [3.63, 3.8) is 0 Å². The molecule has 2 heterocycles. The first-order valence-corrected chi connectivity index (χ1v) is 5.22. The van der Waals surface area contributed by atoms with E-state index in [9.17, 15) is 4.79 Å². The number of piperidine rings is 1. The largest absolute Gasteiger partial charge is 0.317 e. The maximum atomic E-state index is 11.4. The lowest BCUT2D eigenvalue weighted by molar-refractivity contribution is 0.330. The van der Waals surface area contributed by atoms with Crippen LogP contribution in [0.3, 0.4) is 0 Å². The molecule has 76 valence electrons. The van der Waals surface area contributed by atoms with Crippen molar-refractivity contribution in [2.75, 3.05) is 13.1 Å². The zero-order valence-corrected chi connectivity index (χ0v) is 8.28. The molecule has 0 radical (unpaired) electrons. The number of pyridine rings is 1. The fraction of sp³-hybridized carbons (Fsp3) is 0.545. The second-order valence-electron chi connectivity index (χ2n) is 3.88. The van der Waals surface area contributed by atoms with Crippen LogP contribution >= 0.6 is 0 Å². The second-order valence-corrected chi connectivity index (χ2v) is 3.88. The maximum Gasteiger partial charge on any atom is 0.250 e. The van der Waals surface area contributed by atoms with Gasteiger partial charge in [-0.2, -0.15) is 0 Å². The first-order chi connectivity index (χ1) is 6.86. The molecule has 0 amide bonds. The second kappa shape index (κ2) is 4.42. The first-order valence-electron chi connectivity index (χ1n) is 5.22. The van der Waals surface area contributed by atoms with Crippen molar-refractivity contribution in [1.82, 2.24) is 9.88 Å². The highest BCUT2D eigenvalue weighted by molar-refractivity contribution is 4.93. The van der Waals surface area contributed by atoms with Crippen LogP contribution in [0.1, 0.15) is 12.8 Å². The van der Waals surface area contributed by atoms with Gasteiger partial charge in [-0.05, 0) is 37.9 Å². The van der Waals surface area contributed by atoms with E-state index < -0.39 is 0 Å². The average Bonchev–Trinajstić information content (AvgIpc) is 2.23. The van der Waals surface area contributed by atoms with Crippen molar-refractivity contribution in [3.8, 4) is 0 Å². The molecule has 0 atom stereocenters. The Labute approximate surface area is 83.8 Å². The maximum absolute atomic E-state index is 11.4. The molecule has 0 saturated carbocycles. The van der Waals surface area contributed by atoms with Gasteiger partial charge in [0.1, 0.15) is 0 Å². The molecule has 0 aliphatic carbocycles. The Hall–Kier alpha value is -1.09. The molecule has 1 aromatic rings. The zero-order valence-electron chi connectivity index (χ0n) is 8.28. The third-order valence-corrected chi connectivity index (χ3v) is 2.81. The Balaban J connectivity index is 2.03. The number of hydrogen-bond acceptors (Lipinski definition) is 2. The van der Waals surface area contributed by atoms with Crippen LogP contribution in [0.4, 0.5) is 0 Å². The summed E-state index contributed by atoms with van der Waals surface area (Å²) in [5, 5.41) is 3.33. The molecule has 0 bridgehead atoms. The Morgan fingerprint density at radius 3 is 2.86 bits per heavy atom. The number of rotatable bonds is 2. The van der Waals surface area contributed by atoms with Crippen molar-refractivity contribution < 1.29 is 0 Å². The zero-order chi connectivity index (χ0) is 9.80. The lowest BCUT2D eigenvalue weighted by atomic mass is 9.98. The highest BCUT2D eigenvalue weighted by Gasteiger charge is 2.13. The number of hydrogen-bond donors (Lipinski definition) is 1. The molecule has 14 heavy (non-hydrogen) atoms. The van der Waals surface area contributed by atoms with Crippen molar-refractivity contribution in [2.24, 2.45) is 5.92 Å². The quantitative estimate of drug-likeness (QED) is 0.753. The van der Waals surface area contributed by atoms with Crippen molar-refractivity contribution in [2.45, 2.75) is 19.4 Å². The molecular formula is C11H16N2O. The minimum Gasteiger partial charge on any atom is -0.317 e. The monoisotopic (exact) mass is 192 g/mol. The molecule has 1 aromatic heterocycles. The minimum atomic E-state index is 0.117. The molecular weight excluding hydrogens is 176 g/mol. The predicted octanol–water partition coefficient (Wildman–Crippen LogP) is 0.848. The summed E-state index contributed by atoms with van der Waals surface area (Å²) in [6.07, 6.45) is 4.24. The van der Waals surface area contributed by atoms with Gasteiger partial charge in [-0.3, -0.25) is 4.79 Å². The van der Waals surface area contributed by atoms with Gasteiger partial charge in [0.25, 0.3) is 5.56 Å². The van der Waals surface area contributed by atoms with E-state index in [2.05, 4.69) is 5.32 Å². The van der Waals surface area contributed by atoms with Gasteiger partial charge in [-0.25, -0.2) is 0 Å². The third-order valence-electron chi connectivity index (χ3n) is 2.81. The Morgan fingerprint density at radius 2 is 2.14 bits per heavy atom. The molecule has 0 aromatic carbocycles. The van der Waals surface area contributed by atoms with Gasteiger partial charge in [0.15, 0.2) is 0 Å². The number of nitrogens with one attached hydrogen (secondary N) is 1. The fourth-order valence-electron chi connectivity index (χ4n) is 1.95. The molecule has 1 aliphatic rings. The summed E-state index contributed by atoms with van der Waals surface area (Å²) in [4.78, 5) is 11.4. The van der Waals surface area contributed by atoms with Gasteiger partial charge in [0.05, 0.1) is 0 Å². The summed E-state index contributed by atoms with van der Waals surface area (Å²) in [5.74, 6) is 0.663. The van der Waals surface area contributed by atoms with E-state index in [0.29, 0.717) is 5.92 Å². The average molecular weight is 192 g/mol. The highest BCUT2D eigenvalue weighted by atomic mass is 16.1. The minimum absolute atomic E-state index is 0.117. The van der Waals surface area contributed by atoms with E-state index in [1.165, 1.54) is 12.8 Å². The molecule has 3 nitrogen and oxygen atoms in total. The van der Waals surface area contributed by atoms with Gasteiger partial charge in [-0.15, -0.1) is 0 Å². The first kappa shape index (κ1) is 9.46. The van der Waals surface area contributed by atoms with E-state index in [0.717, 1.165) is 19.6 Å². The van der Waals surface area contributed by atoms with Crippen molar-refractivity contribution in [1.29, 1.82) is 0 Å². The van der Waals surface area contributed by atoms with Crippen LogP contribution in [0.15, 0.2) is 29.2 Å². The summed E-state index contributed by atoms with van der Waals surface area (Å²) in [5.41, 5.74) is 0.117. The predicted molar refractivity (Wildman–Crippen MR) is 56.3 cm³/mol. The number of nitrogens with zero attached hydrogens (tertiary/aromatic N) is 1. The molecule has 1 saturated heterocycles. The van der Waals surface area contributed by atoms with E-state index in [1.54, 1.807) is 12.1 Å². The lowest BCUT2D eigenvalue weighted by Crippen LogP contribution is -2.32. The standard InChI is InChI=1S/C11H16N2O/c14-11-3-1-2-8-13(11)9-10-4-6-12-7-5-10/h1-3,8,10,12H,4-7,9H2. The van der Waals surface area contributed by atoms with Gasteiger partial charge in [-0.1, -0.05) is 6.07 Å². The van der Waals surface area contributed by atoms with Crippen LogP contribution in [0.2, 0.25) is 0 Å². The smallest absolute Gasteiger partial charge is 0.250 e. The lowest BCUT2D eigenvalue weighted by Gasteiger charge is -2.23. The van der Waals surface area contributed by atoms with Crippen LogP contribution in [0.25, 0.3) is 0 Å². The van der Waals surface area contributed by atoms with Crippen LogP contribution < -0.4 is 10.9 Å². The summed E-state index contributed by atoms with van der Waals surface area (Å²) in [7, 11) is 0. The van der Waals surface area contributed by atoms with E-state index >= 15 is 0 Å². The summed E-state index contributed by atoms with van der Waals surface area (Å²) < 4.78 is 1.82. The molecule has 1 fully saturated rings. The Bertz CT molecular complexity index is 339. The fourth-order valence-corrected chi connectivity index (χ4v) is 1.95. The third kappa shape index (κ3) is 2.23. The van der Waals surface area contributed by atoms with E-state index in [1.807, 2.05) is 16.8 Å². The highest BCUT2D eigenvalue weighted by Crippen LogP contribution is 2.12. The van der Waals surface area contributed by atoms with Crippen molar-refractivity contribution in [3.05, 3.63) is 34.7 Å². The summed E-state index contributed by atoms with van der Waals surface area (Å²) in [6.45, 7) is 3.06. The van der Waals surface area contributed by atoms with Gasteiger partial charge in [0, 0.05) is 18.8 Å². The molecule has 1 aliphatic heterocycles. The SMILES string of the molecule is O=c1ccccn1CC1CCNCC1. The normalized spacial score (nSPS) is 18.3. The van der Waals surface area contributed by atoms with E-state index in [4.69, 9.17) is 0 Å². The van der Waals surface area contributed by atoms with Gasteiger partial charge in [0.2, 0.25) is 0 Å². The molecule has 0 unspecified atom stereocenters. The van der Waals surface area contributed by atoms with Crippen LogP contribution in [0.5, 0.6) is 0 Å². The molecule has 1 N–H and O–H groups in total. The Morgan fingerprint density at radius 1 is 1.36 bits per heavy atom. The number of aromatic nitrogens is 1. The van der Waals surface area contributed by atoms with Crippen molar-refractivity contribution >= 4 is 0 Å². The summed E-state index contributed by atoms with van der Waals surface area (Å²) >= 11 is 0. The van der Waals surface area contributed by atoms with E-state index in [-0.39, 0.29) is 5.56 Å². The molecule has 0 spiro atoms. The Kier molecular flexibility index (Phi) is 2.99. The van der Waals surface area contributed by atoms with Crippen LogP contribution in [0, 0.1) is 5.92 Å². The molecule has 3 heteroatoms. The summed E-state index contributed by atoms with van der Waals surface area (Å²) in [6, 6.07) is 5.34. The van der Waals surface area contributed by atoms with Gasteiger partial charge >= 0.3 is 0 Å². The van der Waals surface area contributed by atoms with Crippen LogP contribution in [-0.2, 0) is 6.54 Å². The van der Waals surface area contributed by atoms with Gasteiger partial charge < -0.3 is 9.88 Å².